The van der Waals surface area contributed by atoms with E-state index in [4.69, 9.17) is 22.4 Å². The third kappa shape index (κ3) is 2.30. The third-order valence-corrected chi connectivity index (χ3v) is 2.76. The highest BCUT2D eigenvalue weighted by Gasteiger charge is 2.23. The minimum absolute atomic E-state index is 0.185. The first-order valence-corrected chi connectivity index (χ1v) is 5.22. The Hall–Kier alpha value is -1.07. The van der Waals surface area contributed by atoms with Gasteiger partial charge in [-0.25, -0.2) is 4.98 Å². The molecule has 1 atom stereocenters. The number of anilines is 2. The summed E-state index contributed by atoms with van der Waals surface area (Å²) in [5.41, 5.74) is 5.51. The first-order chi connectivity index (χ1) is 7.19. The van der Waals surface area contributed by atoms with Gasteiger partial charge in [0, 0.05) is 31.7 Å². The van der Waals surface area contributed by atoms with Crippen LogP contribution in [0, 0.1) is 5.92 Å². The van der Waals surface area contributed by atoms with Crippen molar-refractivity contribution in [3.63, 3.8) is 0 Å². The van der Waals surface area contributed by atoms with E-state index >= 15 is 0 Å². The Balaban J connectivity index is 2.16. The summed E-state index contributed by atoms with van der Waals surface area (Å²) in [5.74, 6) is 1.24. The van der Waals surface area contributed by atoms with Crippen molar-refractivity contribution in [1.82, 2.24) is 9.97 Å². The fraction of sp³-hybridized carbons (Fsp3) is 0.556. The van der Waals surface area contributed by atoms with Crippen molar-refractivity contribution in [2.24, 2.45) is 5.92 Å². The van der Waals surface area contributed by atoms with Crippen LogP contribution >= 0.6 is 11.6 Å². The number of nitrogens with two attached hydrogens (primary N) is 1. The second kappa shape index (κ2) is 4.20. The molecule has 0 saturated carbocycles. The van der Waals surface area contributed by atoms with Crippen molar-refractivity contribution in [3.8, 4) is 0 Å². The number of aliphatic hydroxyl groups is 1. The Labute approximate surface area is 92.9 Å². The van der Waals surface area contributed by atoms with Gasteiger partial charge in [0.05, 0.1) is 0 Å². The maximum absolute atomic E-state index is 9.03. The zero-order valence-electron chi connectivity index (χ0n) is 8.23. The molecule has 0 aromatic carbocycles. The number of nitrogens with zero attached hydrogens (tertiary/aromatic N) is 3. The summed E-state index contributed by atoms with van der Waals surface area (Å²) in [6.45, 7) is 1.88. The lowest BCUT2D eigenvalue weighted by atomic mass is 10.1. The van der Waals surface area contributed by atoms with Crippen LogP contribution in [0.2, 0.25) is 5.15 Å². The standard InChI is InChI=1S/C9H13ClN4O/c10-7-3-8(13-9(11)12-7)14-2-1-6(4-14)5-15/h3,6,15H,1-2,4-5H2,(H2,11,12,13). The van der Waals surface area contributed by atoms with Crippen LogP contribution in [0.25, 0.3) is 0 Å². The Morgan fingerprint density at radius 1 is 1.60 bits per heavy atom. The lowest BCUT2D eigenvalue weighted by molar-refractivity contribution is 0.238. The quantitative estimate of drug-likeness (QED) is 0.723. The minimum atomic E-state index is 0.185. The van der Waals surface area contributed by atoms with Crippen molar-refractivity contribution in [2.75, 3.05) is 30.3 Å². The van der Waals surface area contributed by atoms with Crippen LogP contribution in [0.15, 0.2) is 6.07 Å². The SMILES string of the molecule is Nc1nc(Cl)cc(N2CCC(CO)C2)n1. The molecule has 0 bridgehead atoms. The molecule has 6 heteroatoms. The van der Waals surface area contributed by atoms with E-state index in [1.54, 1.807) is 6.07 Å². The molecule has 0 aliphatic carbocycles. The van der Waals surface area contributed by atoms with E-state index < -0.39 is 0 Å². The fourth-order valence-corrected chi connectivity index (χ4v) is 1.96. The first-order valence-electron chi connectivity index (χ1n) is 4.85. The monoisotopic (exact) mass is 228 g/mol. The molecule has 15 heavy (non-hydrogen) atoms. The Morgan fingerprint density at radius 2 is 2.40 bits per heavy atom. The molecule has 1 fully saturated rings. The van der Waals surface area contributed by atoms with Crippen molar-refractivity contribution in [1.29, 1.82) is 0 Å². The van der Waals surface area contributed by atoms with Gasteiger partial charge in [0.1, 0.15) is 11.0 Å². The van der Waals surface area contributed by atoms with E-state index in [0.717, 1.165) is 25.3 Å². The van der Waals surface area contributed by atoms with E-state index in [9.17, 15) is 0 Å². The smallest absolute Gasteiger partial charge is 0.223 e. The molecule has 1 unspecified atom stereocenters. The molecule has 0 amide bonds. The van der Waals surface area contributed by atoms with Crippen LogP contribution in [-0.4, -0.2) is 34.8 Å². The average Bonchev–Trinajstić information content (AvgIpc) is 2.64. The van der Waals surface area contributed by atoms with E-state index in [0.29, 0.717) is 11.1 Å². The molecule has 1 aliphatic heterocycles. The summed E-state index contributed by atoms with van der Waals surface area (Å²) in [4.78, 5) is 9.97. The summed E-state index contributed by atoms with van der Waals surface area (Å²) in [7, 11) is 0. The molecule has 3 N–H and O–H groups in total. The van der Waals surface area contributed by atoms with Gasteiger partial charge in [0.25, 0.3) is 0 Å². The maximum atomic E-state index is 9.03. The highest BCUT2D eigenvalue weighted by atomic mass is 35.5. The number of aromatic nitrogens is 2. The van der Waals surface area contributed by atoms with Gasteiger partial charge in [0.15, 0.2) is 0 Å². The highest BCUT2D eigenvalue weighted by molar-refractivity contribution is 6.29. The predicted molar refractivity (Wildman–Crippen MR) is 58.9 cm³/mol. The zero-order chi connectivity index (χ0) is 10.8. The number of hydrogen-bond donors (Lipinski definition) is 2. The third-order valence-electron chi connectivity index (χ3n) is 2.57. The molecule has 0 spiro atoms. The zero-order valence-corrected chi connectivity index (χ0v) is 8.98. The van der Waals surface area contributed by atoms with E-state index in [1.165, 1.54) is 0 Å². The topological polar surface area (TPSA) is 75.3 Å². The minimum Gasteiger partial charge on any atom is -0.396 e. The summed E-state index contributed by atoms with van der Waals surface area (Å²) < 4.78 is 0. The normalized spacial score (nSPS) is 20.9. The second-order valence-corrected chi connectivity index (χ2v) is 4.08. The highest BCUT2D eigenvalue weighted by Crippen LogP contribution is 2.23. The predicted octanol–water partition coefficient (Wildman–Crippen LogP) is 0.531. The first kappa shape index (κ1) is 10.4. The Bertz CT molecular complexity index is 340. The largest absolute Gasteiger partial charge is 0.396 e. The molecule has 1 aliphatic rings. The Kier molecular flexibility index (Phi) is 2.93. The van der Waals surface area contributed by atoms with Crippen molar-refractivity contribution >= 4 is 23.4 Å². The van der Waals surface area contributed by atoms with Crippen LogP contribution in [0.1, 0.15) is 6.42 Å². The Morgan fingerprint density at radius 3 is 3.00 bits per heavy atom. The van der Waals surface area contributed by atoms with Gasteiger partial charge in [-0.2, -0.15) is 4.98 Å². The second-order valence-electron chi connectivity index (χ2n) is 3.69. The van der Waals surface area contributed by atoms with Crippen LogP contribution in [0.4, 0.5) is 11.8 Å². The maximum Gasteiger partial charge on any atom is 0.223 e. The van der Waals surface area contributed by atoms with Gasteiger partial charge >= 0.3 is 0 Å². The summed E-state index contributed by atoms with van der Waals surface area (Å²) in [6.07, 6.45) is 0.970. The number of nitrogen functional groups attached to an aromatic ring is 1. The molecule has 5 nitrogen and oxygen atoms in total. The van der Waals surface area contributed by atoms with E-state index in [-0.39, 0.29) is 12.6 Å². The average molecular weight is 229 g/mol. The van der Waals surface area contributed by atoms with E-state index in [2.05, 4.69) is 14.9 Å². The summed E-state index contributed by atoms with van der Waals surface area (Å²) >= 11 is 5.79. The molecule has 2 rings (SSSR count). The van der Waals surface area contributed by atoms with Gasteiger partial charge in [-0.1, -0.05) is 11.6 Å². The molecule has 1 aromatic heterocycles. The van der Waals surface area contributed by atoms with Crippen molar-refractivity contribution < 1.29 is 5.11 Å². The molecular formula is C9H13ClN4O. The lowest BCUT2D eigenvalue weighted by Gasteiger charge is -2.17. The van der Waals surface area contributed by atoms with Gasteiger partial charge in [-0.3, -0.25) is 0 Å². The van der Waals surface area contributed by atoms with Crippen LogP contribution in [0.3, 0.4) is 0 Å². The molecule has 1 saturated heterocycles. The molecular weight excluding hydrogens is 216 g/mol. The van der Waals surface area contributed by atoms with Crippen LogP contribution < -0.4 is 10.6 Å². The van der Waals surface area contributed by atoms with Crippen LogP contribution in [0.5, 0.6) is 0 Å². The fourth-order valence-electron chi connectivity index (χ4n) is 1.77. The molecule has 1 aromatic rings. The van der Waals surface area contributed by atoms with Gasteiger partial charge in [-0.15, -0.1) is 0 Å². The van der Waals surface area contributed by atoms with Gasteiger partial charge in [0.2, 0.25) is 5.95 Å². The van der Waals surface area contributed by atoms with Crippen LogP contribution in [-0.2, 0) is 0 Å². The molecule has 2 heterocycles. The van der Waals surface area contributed by atoms with Crippen molar-refractivity contribution in [2.45, 2.75) is 6.42 Å². The van der Waals surface area contributed by atoms with E-state index in [1.807, 2.05) is 0 Å². The molecule has 82 valence electrons. The summed E-state index contributed by atoms with van der Waals surface area (Å²) in [6, 6.07) is 1.69. The number of rotatable bonds is 2. The number of aliphatic hydroxyl groups excluding tert-OH is 1. The molecule has 0 radical (unpaired) electrons. The number of hydrogen-bond acceptors (Lipinski definition) is 5. The number of halogens is 1. The van der Waals surface area contributed by atoms with Crippen molar-refractivity contribution in [3.05, 3.63) is 11.2 Å². The summed E-state index contributed by atoms with van der Waals surface area (Å²) in [5, 5.41) is 9.38. The van der Waals surface area contributed by atoms with Gasteiger partial charge in [-0.05, 0) is 6.42 Å². The lowest BCUT2D eigenvalue weighted by Crippen LogP contribution is -2.22. The van der Waals surface area contributed by atoms with Gasteiger partial charge < -0.3 is 15.7 Å².